The standard InChI is InChI=1S/C30H25FN4O/c31-26-13-15-27(16-14-26)34(18-6-17-32)21-30(36)35-29(23-8-2-1-3-9-23)20-28(33-35)25-12-11-22-7-4-5-10-24(22)19-25/h1-5,7-16,19,29H,6,18,20-21H2/t29-/m1/s1. The molecular weight excluding hydrogens is 451 g/mol. The molecule has 0 unspecified atom stereocenters. The highest BCUT2D eigenvalue weighted by Crippen LogP contribution is 2.33. The third kappa shape index (κ3) is 4.96. The Hall–Kier alpha value is -4.50. The molecule has 36 heavy (non-hydrogen) atoms. The van der Waals surface area contributed by atoms with Crippen molar-refractivity contribution in [2.45, 2.75) is 18.9 Å². The lowest BCUT2D eigenvalue weighted by atomic mass is 9.97. The van der Waals surface area contributed by atoms with Crippen LogP contribution in [-0.4, -0.2) is 29.7 Å². The minimum atomic E-state index is -0.348. The zero-order valence-corrected chi connectivity index (χ0v) is 19.7. The Morgan fingerprint density at radius 3 is 2.44 bits per heavy atom. The molecule has 1 heterocycles. The predicted molar refractivity (Wildman–Crippen MR) is 140 cm³/mol. The average Bonchev–Trinajstić information content (AvgIpc) is 3.37. The highest BCUT2D eigenvalue weighted by Gasteiger charge is 2.33. The maximum Gasteiger partial charge on any atom is 0.262 e. The van der Waals surface area contributed by atoms with E-state index in [4.69, 9.17) is 10.4 Å². The molecule has 0 bridgehead atoms. The van der Waals surface area contributed by atoms with Gasteiger partial charge < -0.3 is 4.90 Å². The first kappa shape index (κ1) is 23.3. The molecule has 178 valence electrons. The summed E-state index contributed by atoms with van der Waals surface area (Å²) in [6.07, 6.45) is 0.848. The lowest BCUT2D eigenvalue weighted by Gasteiger charge is -2.28. The molecule has 0 aliphatic carbocycles. The molecule has 4 aromatic carbocycles. The lowest BCUT2D eigenvalue weighted by Crippen LogP contribution is -2.38. The van der Waals surface area contributed by atoms with E-state index in [0.717, 1.165) is 27.6 Å². The number of nitrogens with zero attached hydrogens (tertiary/aromatic N) is 4. The van der Waals surface area contributed by atoms with Crippen molar-refractivity contribution in [3.8, 4) is 6.07 Å². The van der Waals surface area contributed by atoms with Crippen LogP contribution in [0.15, 0.2) is 102 Å². The average molecular weight is 477 g/mol. The van der Waals surface area contributed by atoms with Crippen molar-refractivity contribution >= 4 is 28.1 Å². The number of amides is 1. The number of halogens is 1. The van der Waals surface area contributed by atoms with Crippen LogP contribution >= 0.6 is 0 Å². The number of rotatable bonds is 7. The predicted octanol–water partition coefficient (Wildman–Crippen LogP) is 6.08. The zero-order chi connectivity index (χ0) is 24.9. The number of carbonyl (C=O) groups excluding carboxylic acids is 1. The van der Waals surface area contributed by atoms with Crippen molar-refractivity contribution in [1.29, 1.82) is 5.26 Å². The highest BCUT2D eigenvalue weighted by atomic mass is 19.1. The van der Waals surface area contributed by atoms with Crippen LogP contribution in [0.25, 0.3) is 10.8 Å². The summed E-state index contributed by atoms with van der Waals surface area (Å²) in [5.74, 6) is -0.527. The van der Waals surface area contributed by atoms with Gasteiger partial charge in [0.25, 0.3) is 5.91 Å². The maximum atomic E-state index is 13.7. The van der Waals surface area contributed by atoms with Gasteiger partial charge in [0.05, 0.1) is 30.8 Å². The topological polar surface area (TPSA) is 59.7 Å². The zero-order valence-electron chi connectivity index (χ0n) is 19.7. The molecule has 0 aromatic heterocycles. The van der Waals surface area contributed by atoms with Crippen molar-refractivity contribution in [3.63, 3.8) is 0 Å². The van der Waals surface area contributed by atoms with Gasteiger partial charge in [0.1, 0.15) is 5.82 Å². The molecule has 5 rings (SSSR count). The summed E-state index contributed by atoms with van der Waals surface area (Å²) in [4.78, 5) is 15.5. The summed E-state index contributed by atoms with van der Waals surface area (Å²) in [5, 5.41) is 17.8. The Kier molecular flexibility index (Phi) is 6.72. The molecule has 0 saturated carbocycles. The number of hydrogen-bond donors (Lipinski definition) is 0. The molecule has 4 aromatic rings. The van der Waals surface area contributed by atoms with E-state index in [1.165, 1.54) is 12.1 Å². The normalized spacial score (nSPS) is 14.9. The van der Waals surface area contributed by atoms with Gasteiger partial charge in [-0.3, -0.25) is 4.79 Å². The molecule has 1 aliphatic rings. The molecule has 0 radical (unpaired) electrons. The Bertz CT molecular complexity index is 1440. The molecular formula is C30H25FN4O. The molecule has 5 nitrogen and oxygen atoms in total. The Morgan fingerprint density at radius 2 is 1.69 bits per heavy atom. The van der Waals surface area contributed by atoms with Crippen LogP contribution in [0.1, 0.15) is 30.0 Å². The number of carbonyl (C=O) groups is 1. The van der Waals surface area contributed by atoms with Crippen molar-refractivity contribution in [2.24, 2.45) is 5.10 Å². The van der Waals surface area contributed by atoms with Gasteiger partial charge >= 0.3 is 0 Å². The second kappa shape index (κ2) is 10.4. The van der Waals surface area contributed by atoms with Crippen LogP contribution in [0, 0.1) is 17.1 Å². The maximum absolute atomic E-state index is 13.7. The van der Waals surface area contributed by atoms with Gasteiger partial charge in [-0.1, -0.05) is 66.7 Å². The Balaban J connectivity index is 1.46. The molecule has 0 spiro atoms. The largest absolute Gasteiger partial charge is 0.361 e. The number of anilines is 1. The fourth-order valence-electron chi connectivity index (χ4n) is 4.59. The number of nitriles is 1. The lowest BCUT2D eigenvalue weighted by molar-refractivity contribution is -0.131. The van der Waals surface area contributed by atoms with Gasteiger partial charge in [0.2, 0.25) is 0 Å². The van der Waals surface area contributed by atoms with Gasteiger partial charge in [0, 0.05) is 18.7 Å². The molecule has 0 N–H and O–H groups in total. The summed E-state index contributed by atoms with van der Waals surface area (Å²) in [5.41, 5.74) is 3.54. The minimum absolute atomic E-state index is 0.0329. The fraction of sp³-hybridized carbons (Fsp3) is 0.167. The van der Waals surface area contributed by atoms with Crippen LogP contribution in [0.2, 0.25) is 0 Å². The van der Waals surface area contributed by atoms with Crippen molar-refractivity contribution in [1.82, 2.24) is 5.01 Å². The van der Waals surface area contributed by atoms with Crippen molar-refractivity contribution in [2.75, 3.05) is 18.0 Å². The summed E-state index contributed by atoms with van der Waals surface area (Å²) < 4.78 is 13.5. The summed E-state index contributed by atoms with van der Waals surface area (Å²) in [6.45, 7) is 0.393. The quantitative estimate of drug-likeness (QED) is 0.325. The van der Waals surface area contributed by atoms with E-state index in [1.54, 1.807) is 22.0 Å². The van der Waals surface area contributed by atoms with Crippen LogP contribution in [0.5, 0.6) is 0 Å². The van der Waals surface area contributed by atoms with Crippen molar-refractivity contribution in [3.05, 3.63) is 114 Å². The SMILES string of the molecule is N#CCCN(CC(=O)N1N=C(c2ccc3ccccc3c2)C[C@@H]1c1ccccc1)c1ccc(F)cc1. The fourth-order valence-corrected chi connectivity index (χ4v) is 4.59. The number of hydrazone groups is 1. The Morgan fingerprint density at radius 1 is 0.972 bits per heavy atom. The smallest absolute Gasteiger partial charge is 0.262 e. The number of benzene rings is 4. The van der Waals surface area contributed by atoms with E-state index in [2.05, 4.69) is 36.4 Å². The first-order chi connectivity index (χ1) is 17.6. The first-order valence-corrected chi connectivity index (χ1v) is 11.9. The highest BCUT2D eigenvalue weighted by molar-refractivity contribution is 6.05. The van der Waals surface area contributed by atoms with E-state index < -0.39 is 0 Å². The van der Waals surface area contributed by atoms with Crippen LogP contribution in [0.4, 0.5) is 10.1 Å². The van der Waals surface area contributed by atoms with Gasteiger partial charge in [-0.25, -0.2) is 9.40 Å². The van der Waals surface area contributed by atoms with Crippen LogP contribution in [0.3, 0.4) is 0 Å². The molecule has 6 heteroatoms. The van der Waals surface area contributed by atoms with E-state index in [9.17, 15) is 9.18 Å². The van der Waals surface area contributed by atoms with Crippen LogP contribution in [-0.2, 0) is 4.79 Å². The monoisotopic (exact) mass is 476 g/mol. The molecule has 1 amide bonds. The van der Waals surface area contributed by atoms with Gasteiger partial charge in [-0.05, 0) is 52.2 Å². The van der Waals surface area contributed by atoms with E-state index >= 15 is 0 Å². The van der Waals surface area contributed by atoms with Gasteiger partial charge in [0.15, 0.2) is 0 Å². The third-order valence-electron chi connectivity index (χ3n) is 6.44. The third-order valence-corrected chi connectivity index (χ3v) is 6.44. The Labute approximate surface area is 209 Å². The second-order valence-electron chi connectivity index (χ2n) is 8.78. The molecule has 1 aliphatic heterocycles. The van der Waals surface area contributed by atoms with Gasteiger partial charge in [-0.15, -0.1) is 0 Å². The minimum Gasteiger partial charge on any atom is -0.361 e. The van der Waals surface area contributed by atoms with Crippen molar-refractivity contribution < 1.29 is 9.18 Å². The molecule has 0 fully saturated rings. The summed E-state index contributed by atoms with van der Waals surface area (Å²) in [6, 6.07) is 32.2. The van der Waals surface area contributed by atoms with E-state index in [0.29, 0.717) is 18.7 Å². The van der Waals surface area contributed by atoms with Gasteiger partial charge in [-0.2, -0.15) is 10.4 Å². The molecule has 1 atom stereocenters. The summed E-state index contributed by atoms with van der Waals surface area (Å²) >= 11 is 0. The number of fused-ring (bicyclic) bond motifs is 1. The van der Waals surface area contributed by atoms with Crippen LogP contribution < -0.4 is 4.90 Å². The number of hydrogen-bond acceptors (Lipinski definition) is 4. The second-order valence-corrected chi connectivity index (χ2v) is 8.78. The first-order valence-electron chi connectivity index (χ1n) is 11.9. The summed E-state index contributed by atoms with van der Waals surface area (Å²) in [7, 11) is 0. The van der Waals surface area contributed by atoms with E-state index in [-0.39, 0.29) is 30.7 Å². The molecule has 0 saturated heterocycles. The van der Waals surface area contributed by atoms with E-state index in [1.807, 2.05) is 42.5 Å².